The first kappa shape index (κ1) is 10.5. The third-order valence-corrected chi connectivity index (χ3v) is 3.37. The van der Waals surface area contributed by atoms with Crippen molar-refractivity contribution in [3.05, 3.63) is 30.5 Å². The first-order valence-electron chi connectivity index (χ1n) is 6.07. The van der Waals surface area contributed by atoms with Crippen molar-refractivity contribution in [1.29, 1.82) is 0 Å². The minimum Gasteiger partial charge on any atom is -0.350 e. The Balaban J connectivity index is 1.85. The zero-order valence-electron chi connectivity index (χ0n) is 9.63. The summed E-state index contributed by atoms with van der Waals surface area (Å²) in [6.07, 6.45) is 5.24. The number of hydrogen-bond acceptors (Lipinski definition) is 4. The van der Waals surface area contributed by atoms with Crippen LogP contribution < -0.4 is 11.1 Å². The summed E-state index contributed by atoms with van der Waals surface area (Å²) >= 11 is 0. The van der Waals surface area contributed by atoms with Crippen molar-refractivity contribution in [1.82, 2.24) is 9.97 Å². The second-order valence-corrected chi connectivity index (χ2v) is 4.60. The first-order valence-corrected chi connectivity index (χ1v) is 6.07. The number of fused-ring (bicyclic) bond motifs is 1. The molecule has 1 fully saturated rings. The molecule has 4 heteroatoms. The summed E-state index contributed by atoms with van der Waals surface area (Å²) < 4.78 is 0. The van der Waals surface area contributed by atoms with E-state index in [0.29, 0.717) is 12.0 Å². The third-order valence-electron chi connectivity index (χ3n) is 3.37. The van der Waals surface area contributed by atoms with E-state index in [1.807, 2.05) is 30.5 Å². The standard InChI is InChI=1S/C13H16N4/c14-10-5-3-7-12(10)17-13-15-8-9-4-1-2-6-11(9)16-13/h1-2,4,6,8,10,12H,3,5,7,14H2,(H,15,16,17). The van der Waals surface area contributed by atoms with Gasteiger partial charge in [0.25, 0.3) is 0 Å². The lowest BCUT2D eigenvalue weighted by Gasteiger charge is -2.17. The first-order chi connectivity index (χ1) is 8.33. The van der Waals surface area contributed by atoms with Gasteiger partial charge in [-0.25, -0.2) is 9.97 Å². The second kappa shape index (κ2) is 4.30. The number of nitrogens with zero attached hydrogens (tertiary/aromatic N) is 2. The monoisotopic (exact) mass is 228 g/mol. The van der Waals surface area contributed by atoms with Crippen LogP contribution in [0.1, 0.15) is 19.3 Å². The van der Waals surface area contributed by atoms with Gasteiger partial charge in [-0.05, 0) is 25.3 Å². The van der Waals surface area contributed by atoms with Crippen LogP contribution in [0.25, 0.3) is 10.9 Å². The zero-order valence-corrected chi connectivity index (χ0v) is 9.63. The maximum absolute atomic E-state index is 6.02. The summed E-state index contributed by atoms with van der Waals surface area (Å²) in [4.78, 5) is 8.82. The molecule has 0 bridgehead atoms. The molecule has 0 saturated heterocycles. The van der Waals surface area contributed by atoms with Gasteiger partial charge in [0.2, 0.25) is 5.95 Å². The van der Waals surface area contributed by atoms with Crippen molar-refractivity contribution in [3.63, 3.8) is 0 Å². The van der Waals surface area contributed by atoms with Crippen molar-refractivity contribution in [2.75, 3.05) is 5.32 Å². The van der Waals surface area contributed by atoms with Crippen LogP contribution in [0.4, 0.5) is 5.95 Å². The average molecular weight is 228 g/mol. The van der Waals surface area contributed by atoms with E-state index in [0.717, 1.165) is 23.7 Å². The van der Waals surface area contributed by atoms with E-state index in [1.165, 1.54) is 6.42 Å². The van der Waals surface area contributed by atoms with Crippen LogP contribution >= 0.6 is 0 Å². The molecule has 3 rings (SSSR count). The Hall–Kier alpha value is -1.68. The van der Waals surface area contributed by atoms with Crippen LogP contribution in [0.5, 0.6) is 0 Å². The third kappa shape index (κ3) is 2.08. The number of rotatable bonds is 2. The summed E-state index contributed by atoms with van der Waals surface area (Å²) in [7, 11) is 0. The van der Waals surface area contributed by atoms with Crippen molar-refractivity contribution in [2.45, 2.75) is 31.3 Å². The Labute approximate surface area is 100 Å². The van der Waals surface area contributed by atoms with Gasteiger partial charge < -0.3 is 11.1 Å². The lowest BCUT2D eigenvalue weighted by atomic mass is 10.2. The van der Waals surface area contributed by atoms with Gasteiger partial charge in [-0.3, -0.25) is 0 Å². The van der Waals surface area contributed by atoms with E-state index in [4.69, 9.17) is 5.73 Å². The van der Waals surface area contributed by atoms with Crippen LogP contribution in [0.2, 0.25) is 0 Å². The fourth-order valence-electron chi connectivity index (χ4n) is 2.38. The van der Waals surface area contributed by atoms with E-state index in [1.54, 1.807) is 0 Å². The molecule has 2 atom stereocenters. The number of benzene rings is 1. The predicted octanol–water partition coefficient (Wildman–Crippen LogP) is 1.92. The second-order valence-electron chi connectivity index (χ2n) is 4.60. The Morgan fingerprint density at radius 3 is 2.94 bits per heavy atom. The van der Waals surface area contributed by atoms with Crippen molar-refractivity contribution in [2.24, 2.45) is 5.73 Å². The molecule has 3 N–H and O–H groups in total. The van der Waals surface area contributed by atoms with Gasteiger partial charge in [-0.2, -0.15) is 0 Å². The summed E-state index contributed by atoms with van der Waals surface area (Å²) in [6, 6.07) is 8.53. The van der Waals surface area contributed by atoms with Gasteiger partial charge in [0.1, 0.15) is 0 Å². The van der Waals surface area contributed by atoms with Crippen LogP contribution in [0.3, 0.4) is 0 Å². The van der Waals surface area contributed by atoms with Crippen LogP contribution in [-0.2, 0) is 0 Å². The highest BCUT2D eigenvalue weighted by Gasteiger charge is 2.24. The largest absolute Gasteiger partial charge is 0.350 e. The van der Waals surface area contributed by atoms with Gasteiger partial charge >= 0.3 is 0 Å². The van der Waals surface area contributed by atoms with Gasteiger partial charge in [-0.15, -0.1) is 0 Å². The molecule has 1 aliphatic rings. The van der Waals surface area contributed by atoms with Crippen LogP contribution in [0.15, 0.2) is 30.5 Å². The van der Waals surface area contributed by atoms with E-state index >= 15 is 0 Å². The molecule has 4 nitrogen and oxygen atoms in total. The van der Waals surface area contributed by atoms with Gasteiger partial charge in [0.15, 0.2) is 0 Å². The quantitative estimate of drug-likeness (QED) is 0.824. The molecular weight excluding hydrogens is 212 g/mol. The highest BCUT2D eigenvalue weighted by molar-refractivity contribution is 5.78. The van der Waals surface area contributed by atoms with E-state index < -0.39 is 0 Å². The molecule has 1 aromatic heterocycles. The number of para-hydroxylation sites is 1. The Morgan fingerprint density at radius 1 is 1.24 bits per heavy atom. The number of aromatic nitrogens is 2. The molecule has 0 spiro atoms. The SMILES string of the molecule is NC1CCCC1Nc1ncc2ccccc2n1. The number of hydrogen-bond donors (Lipinski definition) is 2. The molecule has 1 heterocycles. The lowest BCUT2D eigenvalue weighted by Crippen LogP contribution is -2.35. The van der Waals surface area contributed by atoms with Gasteiger partial charge in [0, 0.05) is 23.7 Å². The van der Waals surface area contributed by atoms with Gasteiger partial charge in [-0.1, -0.05) is 18.2 Å². The molecule has 0 aliphatic heterocycles. The maximum Gasteiger partial charge on any atom is 0.223 e. The van der Waals surface area contributed by atoms with Crippen LogP contribution in [-0.4, -0.2) is 22.1 Å². The highest BCUT2D eigenvalue weighted by Crippen LogP contribution is 2.20. The predicted molar refractivity (Wildman–Crippen MR) is 68.8 cm³/mol. The minimum atomic E-state index is 0.227. The zero-order chi connectivity index (χ0) is 11.7. The summed E-state index contributed by atoms with van der Waals surface area (Å²) in [5.74, 6) is 0.686. The minimum absolute atomic E-state index is 0.227. The Kier molecular flexibility index (Phi) is 2.65. The molecule has 88 valence electrons. The molecule has 0 amide bonds. The number of nitrogens with two attached hydrogens (primary N) is 1. The molecule has 17 heavy (non-hydrogen) atoms. The Bertz CT molecular complexity index is 526. The fourth-order valence-corrected chi connectivity index (χ4v) is 2.38. The normalized spacial score (nSPS) is 24.1. The van der Waals surface area contributed by atoms with Crippen molar-refractivity contribution >= 4 is 16.9 Å². The molecule has 1 aliphatic carbocycles. The van der Waals surface area contributed by atoms with Crippen molar-refractivity contribution < 1.29 is 0 Å². The Morgan fingerprint density at radius 2 is 2.12 bits per heavy atom. The fraction of sp³-hybridized carbons (Fsp3) is 0.385. The number of anilines is 1. The molecule has 1 saturated carbocycles. The maximum atomic E-state index is 6.02. The highest BCUT2D eigenvalue weighted by atomic mass is 15.1. The number of nitrogens with one attached hydrogen (secondary N) is 1. The van der Waals surface area contributed by atoms with Crippen LogP contribution in [0, 0.1) is 0 Å². The summed E-state index contributed by atoms with van der Waals surface area (Å²) in [6.45, 7) is 0. The lowest BCUT2D eigenvalue weighted by molar-refractivity contribution is 0.633. The van der Waals surface area contributed by atoms with E-state index in [9.17, 15) is 0 Å². The van der Waals surface area contributed by atoms with Gasteiger partial charge in [0.05, 0.1) is 5.52 Å². The molecular formula is C13H16N4. The summed E-state index contributed by atoms with van der Waals surface area (Å²) in [5.41, 5.74) is 6.99. The molecule has 0 radical (unpaired) electrons. The average Bonchev–Trinajstić information content (AvgIpc) is 2.75. The molecule has 2 unspecified atom stereocenters. The molecule has 1 aromatic carbocycles. The summed E-state index contributed by atoms with van der Waals surface area (Å²) in [5, 5.41) is 4.40. The topological polar surface area (TPSA) is 63.8 Å². The van der Waals surface area contributed by atoms with E-state index in [-0.39, 0.29) is 6.04 Å². The van der Waals surface area contributed by atoms with Crippen molar-refractivity contribution in [3.8, 4) is 0 Å². The van der Waals surface area contributed by atoms with E-state index in [2.05, 4.69) is 15.3 Å². The smallest absolute Gasteiger partial charge is 0.223 e. The molecule has 2 aromatic rings.